The molecule has 1 aromatic heterocycles. The van der Waals surface area contributed by atoms with Gasteiger partial charge in [-0.25, -0.2) is 9.97 Å². The number of carbonyl (C=O) groups is 1. The Morgan fingerprint density at radius 1 is 1.00 bits per heavy atom. The van der Waals surface area contributed by atoms with Crippen LogP contribution >= 0.6 is 0 Å². The van der Waals surface area contributed by atoms with Gasteiger partial charge in [0, 0.05) is 31.4 Å². The summed E-state index contributed by atoms with van der Waals surface area (Å²) in [4.78, 5) is 25.2. The number of nitrogens with one attached hydrogen (secondary N) is 1. The maximum atomic E-state index is 13.5. The van der Waals surface area contributed by atoms with Crippen molar-refractivity contribution in [2.75, 3.05) is 44.4 Å². The lowest BCUT2D eigenvalue weighted by Gasteiger charge is -2.24. The molecule has 10 heteroatoms. The number of fused-ring (bicyclic) bond motifs is 1. The van der Waals surface area contributed by atoms with Crippen LogP contribution in [0, 0.1) is 0 Å². The molecule has 198 valence electrons. The largest absolute Gasteiger partial charge is 0.439 e. The molecule has 3 aromatic carbocycles. The Hall–Kier alpha value is -4.18. The number of rotatable bonds is 9. The lowest BCUT2D eigenvalue weighted by atomic mass is 10.0. The van der Waals surface area contributed by atoms with Crippen LogP contribution in [0.5, 0.6) is 11.6 Å². The molecule has 0 aliphatic carbocycles. The number of alkyl halides is 3. The summed E-state index contributed by atoms with van der Waals surface area (Å²) in [6, 6.07) is 15.4. The maximum Gasteiger partial charge on any atom is 0.416 e. The Bertz CT molecular complexity index is 1410. The average Bonchev–Trinajstić information content (AvgIpc) is 2.88. The molecule has 0 unspecified atom stereocenters. The second-order valence-electron chi connectivity index (χ2n) is 9.10. The molecule has 0 radical (unpaired) electrons. The second-order valence-corrected chi connectivity index (χ2v) is 9.10. The van der Waals surface area contributed by atoms with Crippen molar-refractivity contribution < 1.29 is 22.7 Å². The van der Waals surface area contributed by atoms with E-state index in [2.05, 4.69) is 15.3 Å². The molecule has 0 fully saturated rings. The molecule has 4 rings (SSSR count). The number of aromatic nitrogens is 2. The minimum Gasteiger partial charge on any atom is -0.439 e. The van der Waals surface area contributed by atoms with Gasteiger partial charge in [0.05, 0.1) is 16.9 Å². The summed E-state index contributed by atoms with van der Waals surface area (Å²) in [6.07, 6.45) is -0.796. The van der Waals surface area contributed by atoms with Crippen LogP contribution in [0.2, 0.25) is 0 Å². The highest BCUT2D eigenvalue weighted by atomic mass is 19.4. The van der Waals surface area contributed by atoms with Gasteiger partial charge in [-0.3, -0.25) is 4.79 Å². The standard InChI is InChI=1S/C28H28F3N5O2/c1-35(2)14-5-15-36(3)25-11-8-20(28(29,30)31)17-24(25)34-27(37)23-7-4-6-19-16-21(9-10-22(19)23)38-26-12-13-32-18-33-26/h4,6-13,16-18H,5,14-15H2,1-3H3,(H,34,37). The fourth-order valence-corrected chi connectivity index (χ4v) is 4.06. The van der Waals surface area contributed by atoms with Crippen molar-refractivity contribution in [1.29, 1.82) is 0 Å². The van der Waals surface area contributed by atoms with E-state index in [0.717, 1.165) is 30.5 Å². The van der Waals surface area contributed by atoms with Gasteiger partial charge >= 0.3 is 6.18 Å². The summed E-state index contributed by atoms with van der Waals surface area (Å²) in [5.41, 5.74) is 0.0983. The van der Waals surface area contributed by atoms with E-state index in [0.29, 0.717) is 34.8 Å². The second kappa shape index (κ2) is 11.5. The smallest absolute Gasteiger partial charge is 0.416 e. The van der Waals surface area contributed by atoms with Crippen LogP contribution in [0.4, 0.5) is 24.5 Å². The molecule has 0 aliphatic rings. The van der Waals surface area contributed by atoms with E-state index < -0.39 is 17.6 Å². The van der Waals surface area contributed by atoms with Crippen LogP contribution in [0.25, 0.3) is 10.8 Å². The highest BCUT2D eigenvalue weighted by Gasteiger charge is 2.31. The Kier molecular flexibility index (Phi) is 8.11. The molecule has 0 saturated heterocycles. The zero-order valence-electron chi connectivity index (χ0n) is 21.3. The molecule has 0 spiro atoms. The monoisotopic (exact) mass is 523 g/mol. The van der Waals surface area contributed by atoms with E-state index in [9.17, 15) is 18.0 Å². The zero-order chi connectivity index (χ0) is 27.3. The van der Waals surface area contributed by atoms with Crippen LogP contribution in [0.1, 0.15) is 22.3 Å². The van der Waals surface area contributed by atoms with Gasteiger partial charge in [0.25, 0.3) is 5.91 Å². The van der Waals surface area contributed by atoms with Crippen LogP contribution in [0.3, 0.4) is 0 Å². The van der Waals surface area contributed by atoms with Crippen molar-refractivity contribution in [3.63, 3.8) is 0 Å². The first-order valence-corrected chi connectivity index (χ1v) is 12.0. The summed E-state index contributed by atoms with van der Waals surface area (Å²) in [7, 11) is 5.71. The first-order valence-electron chi connectivity index (χ1n) is 12.0. The van der Waals surface area contributed by atoms with Crippen LogP contribution < -0.4 is 15.0 Å². The number of benzene rings is 3. The molecule has 0 bridgehead atoms. The van der Waals surface area contributed by atoms with E-state index in [1.165, 1.54) is 12.4 Å². The summed E-state index contributed by atoms with van der Waals surface area (Å²) in [5.74, 6) is 0.385. The predicted molar refractivity (Wildman–Crippen MR) is 142 cm³/mol. The molecule has 0 atom stereocenters. The molecule has 1 N–H and O–H groups in total. The number of halogens is 3. The fraction of sp³-hybridized carbons (Fsp3) is 0.250. The number of anilines is 2. The molecule has 0 aliphatic heterocycles. The average molecular weight is 524 g/mol. The summed E-state index contributed by atoms with van der Waals surface area (Å²) in [6.45, 7) is 1.43. The minimum absolute atomic E-state index is 0.0953. The van der Waals surface area contributed by atoms with Gasteiger partial charge in [-0.15, -0.1) is 0 Å². The summed E-state index contributed by atoms with van der Waals surface area (Å²) < 4.78 is 46.3. The first-order chi connectivity index (χ1) is 18.1. The Labute approximate surface area is 218 Å². The first kappa shape index (κ1) is 26.9. The fourth-order valence-electron chi connectivity index (χ4n) is 4.06. The molecule has 7 nitrogen and oxygen atoms in total. The molecule has 1 heterocycles. The van der Waals surface area contributed by atoms with E-state index in [1.54, 1.807) is 49.6 Å². The van der Waals surface area contributed by atoms with Gasteiger partial charge in [-0.05, 0) is 80.3 Å². The maximum absolute atomic E-state index is 13.5. The topological polar surface area (TPSA) is 70.6 Å². The van der Waals surface area contributed by atoms with Crippen molar-refractivity contribution in [2.45, 2.75) is 12.6 Å². The third-order valence-electron chi connectivity index (χ3n) is 5.96. The number of hydrogen-bond donors (Lipinski definition) is 1. The number of nitrogens with zero attached hydrogens (tertiary/aromatic N) is 4. The van der Waals surface area contributed by atoms with Crippen molar-refractivity contribution >= 4 is 28.1 Å². The lowest BCUT2D eigenvalue weighted by molar-refractivity contribution is -0.137. The van der Waals surface area contributed by atoms with Crippen LogP contribution in [-0.2, 0) is 6.18 Å². The number of hydrogen-bond acceptors (Lipinski definition) is 6. The van der Waals surface area contributed by atoms with Gasteiger partial charge in [0.1, 0.15) is 12.1 Å². The molecule has 4 aromatic rings. The molecular formula is C28H28F3N5O2. The van der Waals surface area contributed by atoms with Crippen molar-refractivity contribution in [3.05, 3.63) is 84.3 Å². The predicted octanol–water partition coefficient (Wildman–Crippen LogP) is 6.08. The van der Waals surface area contributed by atoms with Crippen LogP contribution in [-0.4, -0.2) is 55.0 Å². The third kappa shape index (κ3) is 6.57. The van der Waals surface area contributed by atoms with Gasteiger partial charge in [-0.2, -0.15) is 13.2 Å². The Balaban J connectivity index is 1.62. The summed E-state index contributed by atoms with van der Waals surface area (Å²) in [5, 5.41) is 4.09. The van der Waals surface area contributed by atoms with E-state index >= 15 is 0 Å². The van der Waals surface area contributed by atoms with Crippen LogP contribution in [0.15, 0.2) is 73.2 Å². The van der Waals surface area contributed by atoms with Gasteiger partial charge in [0.2, 0.25) is 5.88 Å². The van der Waals surface area contributed by atoms with E-state index in [1.807, 2.05) is 30.0 Å². The number of amides is 1. The van der Waals surface area contributed by atoms with Crippen molar-refractivity contribution in [1.82, 2.24) is 14.9 Å². The molecule has 0 saturated carbocycles. The number of ether oxygens (including phenoxy) is 1. The number of carbonyl (C=O) groups excluding carboxylic acids is 1. The Morgan fingerprint density at radius 3 is 2.53 bits per heavy atom. The highest BCUT2D eigenvalue weighted by Crippen LogP contribution is 2.36. The van der Waals surface area contributed by atoms with E-state index in [-0.39, 0.29) is 5.69 Å². The van der Waals surface area contributed by atoms with Crippen molar-refractivity contribution in [3.8, 4) is 11.6 Å². The lowest BCUT2D eigenvalue weighted by Crippen LogP contribution is -2.25. The zero-order valence-corrected chi connectivity index (χ0v) is 21.3. The highest BCUT2D eigenvalue weighted by molar-refractivity contribution is 6.14. The molecular weight excluding hydrogens is 495 g/mol. The summed E-state index contributed by atoms with van der Waals surface area (Å²) >= 11 is 0. The Morgan fingerprint density at radius 2 is 1.82 bits per heavy atom. The normalized spacial score (nSPS) is 11.6. The third-order valence-corrected chi connectivity index (χ3v) is 5.96. The van der Waals surface area contributed by atoms with Gasteiger partial charge < -0.3 is 19.9 Å². The minimum atomic E-state index is -4.54. The quantitative estimate of drug-likeness (QED) is 0.287. The van der Waals surface area contributed by atoms with Crippen molar-refractivity contribution in [2.24, 2.45) is 0 Å². The SMILES string of the molecule is CN(C)CCCN(C)c1ccc(C(F)(F)F)cc1NC(=O)c1cccc2cc(Oc3ccncn3)ccc12. The molecule has 38 heavy (non-hydrogen) atoms. The van der Waals surface area contributed by atoms with E-state index in [4.69, 9.17) is 4.74 Å². The van der Waals surface area contributed by atoms with Gasteiger partial charge in [0.15, 0.2) is 0 Å². The van der Waals surface area contributed by atoms with Gasteiger partial charge in [-0.1, -0.05) is 12.1 Å². The molecule has 1 amide bonds.